The van der Waals surface area contributed by atoms with E-state index in [1.165, 1.54) is 16.5 Å². The maximum atomic E-state index is 5.05. The summed E-state index contributed by atoms with van der Waals surface area (Å²) in [5, 5.41) is 1.33. The molecule has 2 aromatic rings. The molecule has 0 saturated carbocycles. The van der Waals surface area contributed by atoms with Crippen LogP contribution >= 0.6 is 15.9 Å². The highest BCUT2D eigenvalue weighted by molar-refractivity contribution is 9.10. The Bertz CT molecular complexity index is 501. The van der Waals surface area contributed by atoms with Gasteiger partial charge < -0.3 is 15.5 Å². The number of aryl methyl sites for hydroxylation is 1. The molecule has 0 atom stereocenters. The second-order valence-electron chi connectivity index (χ2n) is 3.70. The van der Waals surface area contributed by atoms with E-state index in [4.69, 9.17) is 5.73 Å². The Morgan fingerprint density at radius 2 is 1.86 bits per heavy atom. The predicted octanol–water partition coefficient (Wildman–Crippen LogP) is 5.65. The lowest BCUT2D eigenvalue weighted by molar-refractivity contribution is 0.337. The molecule has 2 rings (SSSR count). The van der Waals surface area contributed by atoms with Crippen LogP contribution in [0.2, 0.25) is 0 Å². The van der Waals surface area contributed by atoms with Crippen LogP contribution in [0.15, 0.2) is 41.2 Å². The van der Waals surface area contributed by atoms with Crippen LogP contribution in [0.3, 0.4) is 0 Å². The van der Waals surface area contributed by atoms with Crippen LogP contribution in [0.25, 0.3) is 10.9 Å². The summed E-state index contributed by atoms with van der Waals surface area (Å²) in [5.74, 6) is 0. The van der Waals surface area contributed by atoms with Crippen molar-refractivity contribution >= 4 is 26.8 Å². The van der Waals surface area contributed by atoms with Gasteiger partial charge in [0.15, 0.2) is 0 Å². The molecule has 0 unspecified atom stereocenters. The van der Waals surface area contributed by atoms with Crippen molar-refractivity contribution in [1.82, 2.24) is 4.98 Å². The van der Waals surface area contributed by atoms with E-state index in [1.807, 2.05) is 27.7 Å². The number of hydrogen-bond donors (Lipinski definition) is 2. The van der Waals surface area contributed by atoms with Crippen molar-refractivity contribution < 1.29 is 4.74 Å². The molecule has 4 heteroatoms. The third-order valence-electron chi connectivity index (χ3n) is 2.48. The molecule has 3 nitrogen and oxygen atoms in total. The van der Waals surface area contributed by atoms with E-state index < -0.39 is 0 Å². The number of rotatable bonds is 3. The molecule has 126 valence electrons. The van der Waals surface area contributed by atoms with E-state index in [9.17, 15) is 0 Å². The first-order valence-corrected chi connectivity index (χ1v) is 8.65. The first kappa shape index (κ1) is 23.0. The number of aromatic nitrogens is 1. The first-order valence-electron chi connectivity index (χ1n) is 7.86. The minimum atomic E-state index is 0.549. The zero-order chi connectivity index (χ0) is 17.4. The van der Waals surface area contributed by atoms with Gasteiger partial charge in [-0.1, -0.05) is 56.6 Å². The van der Waals surface area contributed by atoms with Crippen molar-refractivity contribution in [3.05, 3.63) is 46.8 Å². The van der Waals surface area contributed by atoms with Gasteiger partial charge in [-0.2, -0.15) is 0 Å². The molecule has 0 aliphatic heterocycles. The van der Waals surface area contributed by atoms with E-state index >= 15 is 0 Å². The average Bonchev–Trinajstić information content (AvgIpc) is 2.99. The fraction of sp³-hybridized carbons (Fsp3) is 0.444. The standard InChI is InChI=1S/C10H10BrN.C4H9NO.2C2H6/c1-2-7-6-12-10-5-8(11)3-4-9(7)10;1-6-4-2-3-5;2*1-2/h3-6,12H,2H2,1H3;2,4H,3,5H2,1H3;2*1-2H3/b;4-2+;;. The van der Waals surface area contributed by atoms with Crippen molar-refractivity contribution in [2.45, 2.75) is 41.0 Å². The minimum absolute atomic E-state index is 0.549. The van der Waals surface area contributed by atoms with Gasteiger partial charge in [0.2, 0.25) is 0 Å². The van der Waals surface area contributed by atoms with E-state index in [-0.39, 0.29) is 0 Å². The summed E-state index contributed by atoms with van der Waals surface area (Å²) in [6.45, 7) is 10.7. The van der Waals surface area contributed by atoms with Gasteiger partial charge in [-0.3, -0.25) is 0 Å². The molecule has 0 saturated heterocycles. The number of benzene rings is 1. The van der Waals surface area contributed by atoms with Gasteiger partial charge in [0.25, 0.3) is 0 Å². The lowest BCUT2D eigenvalue weighted by Gasteiger charge is -1.93. The SMILES string of the molecule is CC.CC.CCc1c[nH]c2cc(Br)ccc12.CO/C=C/CN. The molecule has 0 amide bonds. The molecule has 22 heavy (non-hydrogen) atoms. The number of hydrogen-bond acceptors (Lipinski definition) is 2. The van der Waals surface area contributed by atoms with Crippen molar-refractivity contribution in [3.8, 4) is 0 Å². The lowest BCUT2D eigenvalue weighted by atomic mass is 10.1. The molecule has 1 aromatic carbocycles. The van der Waals surface area contributed by atoms with E-state index in [2.05, 4.69) is 57.0 Å². The van der Waals surface area contributed by atoms with E-state index in [1.54, 1.807) is 19.4 Å². The molecule has 0 aliphatic carbocycles. The Labute approximate surface area is 144 Å². The molecule has 3 N–H and O–H groups in total. The number of ether oxygens (including phenoxy) is 1. The molecule has 0 aliphatic rings. The minimum Gasteiger partial charge on any atom is -0.505 e. The van der Waals surface area contributed by atoms with Gasteiger partial charge in [0, 0.05) is 28.1 Å². The Morgan fingerprint density at radius 1 is 1.23 bits per heavy atom. The van der Waals surface area contributed by atoms with Crippen molar-refractivity contribution in [2.75, 3.05) is 13.7 Å². The number of nitrogens with two attached hydrogens (primary N) is 1. The van der Waals surface area contributed by atoms with E-state index in [0.717, 1.165) is 10.9 Å². The number of nitrogens with one attached hydrogen (secondary N) is 1. The monoisotopic (exact) mass is 370 g/mol. The summed E-state index contributed by atoms with van der Waals surface area (Å²) in [7, 11) is 1.59. The van der Waals surface area contributed by atoms with Crippen molar-refractivity contribution in [2.24, 2.45) is 5.73 Å². The molecule has 0 radical (unpaired) electrons. The highest BCUT2D eigenvalue weighted by atomic mass is 79.9. The second-order valence-corrected chi connectivity index (χ2v) is 4.62. The van der Waals surface area contributed by atoms with Gasteiger partial charge in [0.1, 0.15) is 0 Å². The third-order valence-corrected chi connectivity index (χ3v) is 2.97. The van der Waals surface area contributed by atoms with Gasteiger partial charge in [-0.15, -0.1) is 0 Å². The number of halogens is 1. The molecular formula is C18H31BrN2O. The molecule has 0 bridgehead atoms. The topological polar surface area (TPSA) is 51.0 Å². The smallest absolute Gasteiger partial charge is 0.0797 e. The van der Waals surface area contributed by atoms with Crippen LogP contribution in [0.4, 0.5) is 0 Å². The highest BCUT2D eigenvalue weighted by Crippen LogP contribution is 2.22. The molecule has 0 spiro atoms. The summed E-state index contributed by atoms with van der Waals surface area (Å²) in [4.78, 5) is 3.25. The molecule has 1 aromatic heterocycles. The number of methoxy groups -OCH3 is 1. The molecule has 0 fully saturated rings. The van der Waals surface area contributed by atoms with Crippen molar-refractivity contribution in [3.63, 3.8) is 0 Å². The zero-order valence-electron chi connectivity index (χ0n) is 14.7. The van der Waals surface area contributed by atoms with Crippen LogP contribution in [0.1, 0.15) is 40.2 Å². The number of H-pyrrole nitrogens is 1. The highest BCUT2D eigenvalue weighted by Gasteiger charge is 2.00. The Morgan fingerprint density at radius 3 is 2.32 bits per heavy atom. The fourth-order valence-corrected chi connectivity index (χ4v) is 1.96. The Balaban J connectivity index is 0. The van der Waals surface area contributed by atoms with Crippen LogP contribution < -0.4 is 5.73 Å². The fourth-order valence-electron chi connectivity index (χ4n) is 1.60. The lowest BCUT2D eigenvalue weighted by Crippen LogP contribution is -1.91. The van der Waals surface area contributed by atoms with Crippen LogP contribution in [0.5, 0.6) is 0 Å². The van der Waals surface area contributed by atoms with Gasteiger partial charge >= 0.3 is 0 Å². The van der Waals surface area contributed by atoms with Gasteiger partial charge in [-0.25, -0.2) is 0 Å². The molecular weight excluding hydrogens is 340 g/mol. The third kappa shape index (κ3) is 8.90. The molecule has 1 heterocycles. The Kier molecular flexibility index (Phi) is 16.9. The average molecular weight is 371 g/mol. The van der Waals surface area contributed by atoms with Gasteiger partial charge in [-0.05, 0) is 30.2 Å². The summed E-state index contributed by atoms with van der Waals surface area (Å²) >= 11 is 3.44. The van der Waals surface area contributed by atoms with Crippen LogP contribution in [-0.4, -0.2) is 18.6 Å². The first-order chi connectivity index (χ1) is 10.7. The number of aromatic amines is 1. The predicted molar refractivity (Wildman–Crippen MR) is 103 cm³/mol. The maximum absolute atomic E-state index is 5.05. The summed E-state index contributed by atoms with van der Waals surface area (Å²) in [5.41, 5.74) is 7.64. The quantitative estimate of drug-likeness (QED) is 0.685. The summed E-state index contributed by atoms with van der Waals surface area (Å²) < 4.78 is 5.65. The van der Waals surface area contributed by atoms with Crippen LogP contribution in [-0.2, 0) is 11.2 Å². The maximum Gasteiger partial charge on any atom is 0.0797 e. The van der Waals surface area contributed by atoms with Crippen molar-refractivity contribution in [1.29, 1.82) is 0 Å². The van der Waals surface area contributed by atoms with Gasteiger partial charge in [0.05, 0.1) is 13.4 Å². The summed E-state index contributed by atoms with van der Waals surface area (Å²) in [6, 6.07) is 6.33. The van der Waals surface area contributed by atoms with E-state index in [0.29, 0.717) is 6.54 Å². The van der Waals surface area contributed by atoms with Crippen LogP contribution in [0, 0.1) is 0 Å². The second kappa shape index (κ2) is 16.1. The Hall–Kier alpha value is -1.26. The zero-order valence-corrected chi connectivity index (χ0v) is 16.3. The number of fused-ring (bicyclic) bond motifs is 1. The summed E-state index contributed by atoms with van der Waals surface area (Å²) in [6.07, 6.45) is 6.46. The largest absolute Gasteiger partial charge is 0.505 e. The normalized spacial score (nSPS) is 9.09.